The standard InChI is InChI=1S/C6H7N3O2/c1-9-4-2-3-5(7-10)6(9)8-11/h2-4,11H,1H3/p+1. The van der Waals surface area contributed by atoms with Crippen LogP contribution in [0.1, 0.15) is 0 Å². The molecule has 0 saturated heterocycles. The van der Waals surface area contributed by atoms with E-state index < -0.39 is 0 Å². The number of rotatable bonds is 0. The fraction of sp³-hybridized carbons (Fsp3) is 0.167. The summed E-state index contributed by atoms with van der Waals surface area (Å²) in [5.74, 6) is 0.218. The van der Waals surface area contributed by atoms with Gasteiger partial charge in [0.15, 0.2) is 10.9 Å². The molecule has 11 heavy (non-hydrogen) atoms. The van der Waals surface area contributed by atoms with Crippen molar-refractivity contribution in [3.05, 3.63) is 12.2 Å². The van der Waals surface area contributed by atoms with Gasteiger partial charge in [0.1, 0.15) is 0 Å². The first-order valence-corrected chi connectivity index (χ1v) is 2.98. The summed E-state index contributed by atoms with van der Waals surface area (Å²) in [4.78, 5) is 0. The molecule has 0 bridgehead atoms. The van der Waals surface area contributed by atoms with E-state index in [0.717, 1.165) is 0 Å². The minimum Gasteiger partial charge on any atom is -0.410 e. The van der Waals surface area contributed by atoms with Crippen molar-refractivity contribution in [3.63, 3.8) is 0 Å². The van der Waals surface area contributed by atoms with Crippen LogP contribution in [-0.4, -0.2) is 39.8 Å². The number of nitrogens with zero attached hydrogens (tertiary/aromatic N) is 3. The van der Waals surface area contributed by atoms with Crippen molar-refractivity contribution in [2.75, 3.05) is 7.05 Å². The lowest BCUT2D eigenvalue weighted by Gasteiger charge is -1.99. The lowest BCUT2D eigenvalue weighted by molar-refractivity contribution is -0.363. The van der Waals surface area contributed by atoms with Gasteiger partial charge in [-0.25, -0.2) is 4.58 Å². The first-order valence-electron chi connectivity index (χ1n) is 2.98. The van der Waals surface area contributed by atoms with Crippen molar-refractivity contribution in [2.24, 2.45) is 10.3 Å². The minimum absolute atomic E-state index is 0.218. The van der Waals surface area contributed by atoms with Crippen LogP contribution >= 0.6 is 0 Å². The molecule has 1 heterocycles. The summed E-state index contributed by atoms with van der Waals surface area (Å²) in [7, 11) is 1.68. The zero-order chi connectivity index (χ0) is 8.27. The van der Waals surface area contributed by atoms with E-state index in [1.165, 1.54) is 10.7 Å². The van der Waals surface area contributed by atoms with Gasteiger partial charge in [0.2, 0.25) is 0 Å². The maximum Gasteiger partial charge on any atom is 0.398 e. The molecule has 5 heteroatoms. The van der Waals surface area contributed by atoms with E-state index in [0.29, 0.717) is 0 Å². The molecule has 0 spiro atoms. The van der Waals surface area contributed by atoms with Crippen LogP contribution in [0.5, 0.6) is 0 Å². The highest BCUT2D eigenvalue weighted by Gasteiger charge is 2.21. The SMILES string of the molecule is C[N+]1=CC=CC(=NO)C1=NO. The largest absolute Gasteiger partial charge is 0.410 e. The highest BCUT2D eigenvalue weighted by molar-refractivity contribution is 6.43. The maximum atomic E-state index is 8.46. The van der Waals surface area contributed by atoms with Gasteiger partial charge in [-0.15, -0.1) is 0 Å². The third-order valence-electron chi connectivity index (χ3n) is 1.33. The van der Waals surface area contributed by atoms with Crippen LogP contribution < -0.4 is 0 Å². The summed E-state index contributed by atoms with van der Waals surface area (Å²) in [6.07, 6.45) is 4.91. The molecule has 5 nitrogen and oxygen atoms in total. The normalized spacial score (nSPS) is 24.3. The average Bonchev–Trinajstić information content (AvgIpc) is 2.04. The molecule has 2 N–H and O–H groups in total. The van der Waals surface area contributed by atoms with Crippen LogP contribution in [-0.2, 0) is 0 Å². The Morgan fingerprint density at radius 1 is 1.36 bits per heavy atom. The summed E-state index contributed by atoms with van der Waals surface area (Å²) < 4.78 is 1.54. The van der Waals surface area contributed by atoms with E-state index in [4.69, 9.17) is 10.4 Å². The molecule has 0 fully saturated rings. The Balaban J connectivity index is 3.08. The summed E-state index contributed by atoms with van der Waals surface area (Å²) in [5.41, 5.74) is 0.234. The molecule has 1 rings (SSSR count). The first-order chi connectivity index (χ1) is 5.29. The van der Waals surface area contributed by atoms with Gasteiger partial charge in [-0.3, -0.25) is 0 Å². The van der Waals surface area contributed by atoms with Crippen LogP contribution in [0.15, 0.2) is 22.5 Å². The van der Waals surface area contributed by atoms with E-state index >= 15 is 0 Å². The lowest BCUT2D eigenvalue weighted by Crippen LogP contribution is -2.28. The number of oxime groups is 2. The third kappa shape index (κ3) is 1.26. The minimum atomic E-state index is 0.218. The Bertz CT molecular complexity index is 276. The number of amidine groups is 1. The van der Waals surface area contributed by atoms with Crippen LogP contribution in [0.2, 0.25) is 0 Å². The summed E-state index contributed by atoms with van der Waals surface area (Å²) in [5, 5.41) is 22.8. The second kappa shape index (κ2) is 2.96. The molecule has 0 atom stereocenters. The topological polar surface area (TPSA) is 68.2 Å². The van der Waals surface area contributed by atoms with Gasteiger partial charge in [-0.1, -0.05) is 5.16 Å². The molecule has 0 saturated carbocycles. The molecule has 0 aromatic carbocycles. The van der Waals surface area contributed by atoms with E-state index in [1.54, 1.807) is 19.3 Å². The second-order valence-corrected chi connectivity index (χ2v) is 2.03. The molecule has 0 radical (unpaired) electrons. The molecule has 0 aliphatic carbocycles. The van der Waals surface area contributed by atoms with E-state index in [1.807, 2.05) is 0 Å². The summed E-state index contributed by atoms with van der Waals surface area (Å²) in [6, 6.07) is 0. The molecule has 0 aromatic rings. The fourth-order valence-corrected chi connectivity index (χ4v) is 0.789. The van der Waals surface area contributed by atoms with Crippen LogP contribution in [0.3, 0.4) is 0 Å². The Morgan fingerprint density at radius 3 is 2.55 bits per heavy atom. The van der Waals surface area contributed by atoms with Crippen molar-refractivity contribution >= 4 is 17.8 Å². The van der Waals surface area contributed by atoms with Crippen molar-refractivity contribution in [2.45, 2.75) is 0 Å². The van der Waals surface area contributed by atoms with E-state index in [-0.39, 0.29) is 11.5 Å². The third-order valence-corrected chi connectivity index (χ3v) is 1.33. The van der Waals surface area contributed by atoms with Crippen LogP contribution in [0.25, 0.3) is 0 Å². The number of hydrogen-bond acceptors (Lipinski definition) is 4. The fourth-order valence-electron chi connectivity index (χ4n) is 0.789. The first kappa shape index (κ1) is 7.46. The smallest absolute Gasteiger partial charge is 0.398 e. The van der Waals surface area contributed by atoms with Gasteiger partial charge < -0.3 is 10.4 Å². The zero-order valence-corrected chi connectivity index (χ0v) is 5.97. The Morgan fingerprint density at radius 2 is 2.09 bits per heavy atom. The molecule has 1 aliphatic rings. The van der Waals surface area contributed by atoms with Gasteiger partial charge >= 0.3 is 5.84 Å². The predicted octanol–water partition coefficient (Wildman–Crippen LogP) is -0.113. The summed E-state index contributed by atoms with van der Waals surface area (Å²) in [6.45, 7) is 0. The Hall–Kier alpha value is -1.65. The van der Waals surface area contributed by atoms with Crippen molar-refractivity contribution in [3.8, 4) is 0 Å². The van der Waals surface area contributed by atoms with Crippen molar-refractivity contribution in [1.82, 2.24) is 0 Å². The second-order valence-electron chi connectivity index (χ2n) is 2.03. The van der Waals surface area contributed by atoms with Crippen LogP contribution in [0.4, 0.5) is 0 Å². The zero-order valence-electron chi connectivity index (χ0n) is 5.97. The number of hydrogen-bond donors (Lipinski definition) is 2. The molecular formula is C6H8N3O2+. The van der Waals surface area contributed by atoms with Gasteiger partial charge in [-0.2, -0.15) is 0 Å². The molecule has 0 unspecified atom stereocenters. The monoisotopic (exact) mass is 154 g/mol. The van der Waals surface area contributed by atoms with Gasteiger partial charge in [0.25, 0.3) is 0 Å². The molecule has 0 amide bonds. The van der Waals surface area contributed by atoms with Gasteiger partial charge in [0, 0.05) is 0 Å². The highest BCUT2D eigenvalue weighted by Crippen LogP contribution is 1.92. The average molecular weight is 154 g/mol. The van der Waals surface area contributed by atoms with E-state index in [9.17, 15) is 0 Å². The summed E-state index contributed by atoms with van der Waals surface area (Å²) >= 11 is 0. The van der Waals surface area contributed by atoms with Crippen molar-refractivity contribution in [1.29, 1.82) is 0 Å². The van der Waals surface area contributed by atoms with Crippen LogP contribution in [0, 0.1) is 0 Å². The Labute approximate surface area is 63.3 Å². The maximum absolute atomic E-state index is 8.46. The molecular weight excluding hydrogens is 146 g/mol. The Kier molecular flexibility index (Phi) is 2.00. The van der Waals surface area contributed by atoms with Gasteiger partial charge in [0.05, 0.1) is 13.3 Å². The quantitative estimate of drug-likeness (QED) is 0.290. The lowest BCUT2D eigenvalue weighted by atomic mass is 10.2. The molecule has 58 valence electrons. The van der Waals surface area contributed by atoms with Crippen molar-refractivity contribution < 1.29 is 15.0 Å². The number of allylic oxidation sites excluding steroid dienone is 1. The molecule has 1 aliphatic heterocycles. The predicted molar refractivity (Wildman–Crippen MR) is 39.8 cm³/mol. The van der Waals surface area contributed by atoms with E-state index in [2.05, 4.69) is 10.3 Å². The highest BCUT2D eigenvalue weighted by atomic mass is 16.4. The molecule has 0 aromatic heterocycles. The van der Waals surface area contributed by atoms with Gasteiger partial charge in [-0.05, 0) is 12.2 Å².